The Kier molecular flexibility index (Phi) is 8.61. The van der Waals surface area contributed by atoms with E-state index in [9.17, 15) is 24.6 Å². The summed E-state index contributed by atoms with van der Waals surface area (Å²) in [6, 6.07) is 7.56. The normalized spacial score (nSPS) is 19.0. The zero-order valence-corrected chi connectivity index (χ0v) is 25.9. The van der Waals surface area contributed by atoms with Gasteiger partial charge in [0.2, 0.25) is 5.88 Å². The molecule has 1 atom stereocenters. The monoisotopic (exact) mass is 609 g/mol. The molecule has 1 saturated carbocycles. The van der Waals surface area contributed by atoms with E-state index in [1.165, 1.54) is 0 Å². The molecule has 1 fully saturated rings. The Morgan fingerprint density at radius 3 is 2.35 bits per heavy atom. The van der Waals surface area contributed by atoms with Crippen molar-refractivity contribution in [2.24, 2.45) is 5.41 Å². The molecule has 1 unspecified atom stereocenters. The summed E-state index contributed by atoms with van der Waals surface area (Å²) >= 11 is 0.998. The van der Waals surface area contributed by atoms with Crippen LogP contribution in [0, 0.1) is 26.2 Å². The third-order valence-corrected chi connectivity index (χ3v) is 9.89. The summed E-state index contributed by atoms with van der Waals surface area (Å²) in [6.45, 7) is 8.21. The highest BCUT2D eigenvalue weighted by molar-refractivity contribution is 7.09. The Balaban J connectivity index is 1.25. The van der Waals surface area contributed by atoms with E-state index in [4.69, 9.17) is 14.2 Å². The van der Waals surface area contributed by atoms with Crippen LogP contribution in [-0.2, 0) is 22.4 Å². The molecule has 9 nitrogen and oxygen atoms in total. The Labute approximate surface area is 254 Å². The number of aromatic amines is 1. The number of carbonyl (C=O) groups is 2. The average Bonchev–Trinajstić information content (AvgIpc) is 3.53. The Morgan fingerprint density at radius 2 is 1.72 bits per heavy atom. The molecule has 2 heterocycles. The second kappa shape index (κ2) is 12.1. The molecule has 3 aromatic rings. The molecule has 0 radical (unpaired) electrons. The number of aromatic nitrogens is 1. The second-order valence-corrected chi connectivity index (χ2v) is 13.5. The number of carboxylic acid groups (broad SMARTS) is 1. The van der Waals surface area contributed by atoms with E-state index in [2.05, 4.69) is 4.98 Å². The lowest BCUT2D eigenvalue weighted by molar-refractivity contribution is -0.142. The molecule has 43 heavy (non-hydrogen) atoms. The van der Waals surface area contributed by atoms with Crippen molar-refractivity contribution in [1.29, 1.82) is 0 Å². The standard InChI is InChI=1S/C33H39NO8S/c1-19-20(2)29-24(21(3)28(19)41-27(37)17-33(16-26(35)36)12-5-6-13-33)11-14-32(4,42-29)18-40-23-9-7-22(8-10-23)15-25-30(38)34-31(39)43-25/h7-10,38H,5-6,11-18H2,1-4H3,(H,34,39)(H,35,36). The largest absolute Gasteiger partial charge is 0.494 e. The van der Waals surface area contributed by atoms with Crippen LogP contribution in [0.25, 0.3) is 0 Å². The number of fused-ring (bicyclic) bond motifs is 1. The van der Waals surface area contributed by atoms with Gasteiger partial charge in [-0.1, -0.05) is 36.3 Å². The van der Waals surface area contributed by atoms with E-state index >= 15 is 0 Å². The van der Waals surface area contributed by atoms with Crippen LogP contribution >= 0.6 is 11.3 Å². The summed E-state index contributed by atoms with van der Waals surface area (Å²) in [5.41, 5.74) is 3.50. The minimum absolute atomic E-state index is 0.0101. The first-order valence-electron chi connectivity index (χ1n) is 14.7. The highest BCUT2D eigenvalue weighted by Gasteiger charge is 2.40. The van der Waals surface area contributed by atoms with Gasteiger partial charge in [-0.3, -0.25) is 19.4 Å². The molecule has 0 bridgehead atoms. The smallest absolute Gasteiger partial charge is 0.311 e. The molecule has 3 N–H and O–H groups in total. The minimum Gasteiger partial charge on any atom is -0.494 e. The van der Waals surface area contributed by atoms with Gasteiger partial charge in [0.05, 0.1) is 17.7 Å². The fourth-order valence-corrected chi connectivity index (χ4v) is 7.21. The summed E-state index contributed by atoms with van der Waals surface area (Å²) in [5.74, 6) is 0.703. The molecule has 1 aromatic heterocycles. The molecule has 0 spiro atoms. The van der Waals surface area contributed by atoms with Gasteiger partial charge in [-0.05, 0) is 93.2 Å². The van der Waals surface area contributed by atoms with Crippen LogP contribution in [0.1, 0.15) is 84.6 Å². The molecular formula is C33H39NO8S. The maximum Gasteiger partial charge on any atom is 0.311 e. The van der Waals surface area contributed by atoms with Gasteiger partial charge in [0.25, 0.3) is 0 Å². The number of H-pyrrole nitrogens is 1. The van der Waals surface area contributed by atoms with E-state index < -0.39 is 17.0 Å². The number of carbonyl (C=O) groups excluding carboxylic acids is 1. The summed E-state index contributed by atoms with van der Waals surface area (Å²) in [7, 11) is 0. The topological polar surface area (TPSA) is 135 Å². The van der Waals surface area contributed by atoms with Gasteiger partial charge < -0.3 is 24.4 Å². The van der Waals surface area contributed by atoms with Crippen molar-refractivity contribution < 1.29 is 34.0 Å². The number of hydrogen-bond donors (Lipinski definition) is 3. The summed E-state index contributed by atoms with van der Waals surface area (Å²) in [5, 5.41) is 19.3. The maximum atomic E-state index is 13.1. The number of ether oxygens (including phenoxy) is 3. The zero-order valence-electron chi connectivity index (χ0n) is 25.1. The molecule has 1 aliphatic carbocycles. The number of nitrogens with one attached hydrogen (secondary N) is 1. The Bertz CT molecular complexity index is 1580. The molecule has 2 aliphatic rings. The van der Waals surface area contributed by atoms with E-state index in [0.717, 1.165) is 77.0 Å². The summed E-state index contributed by atoms with van der Waals surface area (Å²) in [6.07, 6.45) is 5.33. The number of benzene rings is 2. The molecule has 2 aromatic carbocycles. The molecule has 0 amide bonds. The number of hydrogen-bond acceptors (Lipinski definition) is 8. The number of aliphatic carboxylic acids is 1. The van der Waals surface area contributed by atoms with E-state index in [0.29, 0.717) is 35.8 Å². The number of aromatic hydroxyl groups is 1. The first-order chi connectivity index (χ1) is 20.4. The first-order valence-corrected chi connectivity index (χ1v) is 15.6. The van der Waals surface area contributed by atoms with Gasteiger partial charge in [0, 0.05) is 12.0 Å². The van der Waals surface area contributed by atoms with Crippen LogP contribution in [-0.4, -0.2) is 39.3 Å². The van der Waals surface area contributed by atoms with Gasteiger partial charge in [0.15, 0.2) is 0 Å². The highest BCUT2D eigenvalue weighted by Crippen LogP contribution is 2.46. The number of carboxylic acids is 1. The van der Waals surface area contributed by atoms with Crippen LogP contribution in [0.2, 0.25) is 0 Å². The quantitative estimate of drug-likeness (QED) is 0.184. The lowest BCUT2D eigenvalue weighted by Gasteiger charge is -2.38. The number of rotatable bonds is 10. The van der Waals surface area contributed by atoms with Gasteiger partial charge in [-0.2, -0.15) is 0 Å². The molecular weight excluding hydrogens is 570 g/mol. The molecule has 5 rings (SSSR count). The van der Waals surface area contributed by atoms with Crippen LogP contribution < -0.4 is 19.1 Å². The van der Waals surface area contributed by atoms with Crippen LogP contribution in [0.5, 0.6) is 23.1 Å². The SMILES string of the molecule is Cc1c(C)c2c(c(C)c1OC(=O)CC1(CC(=O)O)CCCC1)CCC(C)(COc1ccc(Cc3sc(=O)[nH]c3O)cc1)O2. The first kappa shape index (κ1) is 30.7. The van der Waals surface area contributed by atoms with E-state index in [1.807, 2.05) is 52.0 Å². The van der Waals surface area contributed by atoms with Gasteiger partial charge in [-0.15, -0.1) is 0 Å². The average molecular weight is 610 g/mol. The lowest BCUT2D eigenvalue weighted by Crippen LogP contribution is -2.42. The van der Waals surface area contributed by atoms with Crippen molar-refractivity contribution in [1.82, 2.24) is 4.98 Å². The van der Waals surface area contributed by atoms with E-state index in [1.54, 1.807) is 0 Å². The van der Waals surface area contributed by atoms with Crippen molar-refractivity contribution in [3.8, 4) is 23.1 Å². The van der Waals surface area contributed by atoms with E-state index in [-0.39, 0.29) is 29.6 Å². The van der Waals surface area contributed by atoms with Crippen molar-refractivity contribution >= 4 is 23.3 Å². The Morgan fingerprint density at radius 1 is 1.02 bits per heavy atom. The number of thiazole rings is 1. The summed E-state index contributed by atoms with van der Waals surface area (Å²) < 4.78 is 18.7. The number of esters is 1. The molecule has 1 aliphatic heterocycles. The fraction of sp³-hybridized carbons (Fsp3) is 0.485. The predicted molar refractivity (Wildman–Crippen MR) is 163 cm³/mol. The fourth-order valence-electron chi connectivity index (χ4n) is 6.45. The van der Waals surface area contributed by atoms with Crippen molar-refractivity contribution in [3.05, 3.63) is 66.6 Å². The molecule has 230 valence electrons. The molecule has 0 saturated heterocycles. The second-order valence-electron chi connectivity index (χ2n) is 12.4. The van der Waals surface area contributed by atoms with Crippen molar-refractivity contribution in [2.75, 3.05) is 6.61 Å². The van der Waals surface area contributed by atoms with Gasteiger partial charge >= 0.3 is 16.8 Å². The predicted octanol–water partition coefficient (Wildman–Crippen LogP) is 6.15. The third kappa shape index (κ3) is 6.74. The summed E-state index contributed by atoms with van der Waals surface area (Å²) in [4.78, 5) is 38.7. The van der Waals surface area contributed by atoms with Crippen molar-refractivity contribution in [2.45, 2.75) is 91.1 Å². The molecule has 10 heteroatoms. The highest BCUT2D eigenvalue weighted by atomic mass is 32.1. The Hall–Kier alpha value is -3.79. The maximum absolute atomic E-state index is 13.1. The minimum atomic E-state index is -0.873. The third-order valence-electron chi connectivity index (χ3n) is 9.02. The zero-order chi connectivity index (χ0) is 30.9. The van der Waals surface area contributed by atoms with Crippen molar-refractivity contribution in [3.63, 3.8) is 0 Å². The van der Waals surface area contributed by atoms with Gasteiger partial charge in [-0.25, -0.2) is 0 Å². The lowest BCUT2D eigenvalue weighted by atomic mass is 9.79. The van der Waals surface area contributed by atoms with Crippen LogP contribution in [0.4, 0.5) is 0 Å². The van der Waals surface area contributed by atoms with Crippen LogP contribution in [0.3, 0.4) is 0 Å². The van der Waals surface area contributed by atoms with Gasteiger partial charge in [0.1, 0.15) is 29.5 Å². The van der Waals surface area contributed by atoms with Crippen LogP contribution in [0.15, 0.2) is 29.1 Å².